The van der Waals surface area contributed by atoms with Gasteiger partial charge < -0.3 is 10.1 Å². The Bertz CT molecular complexity index is 873. The number of rotatable bonds is 3. The summed E-state index contributed by atoms with van der Waals surface area (Å²) in [6.45, 7) is 5.64. The summed E-state index contributed by atoms with van der Waals surface area (Å²) >= 11 is 0. The Morgan fingerprint density at radius 2 is 2.00 bits per heavy atom. The fourth-order valence-electron chi connectivity index (χ4n) is 2.61. The van der Waals surface area contributed by atoms with Crippen LogP contribution in [0, 0.1) is 5.92 Å². The van der Waals surface area contributed by atoms with Crippen LogP contribution >= 0.6 is 0 Å². The van der Waals surface area contributed by atoms with E-state index in [9.17, 15) is 9.59 Å². The SMILES string of the molecule is COC(=O)c1cc2ccccc2nc1C1=NC(C)(C(C)C)C(=O)N1. The number of benzene rings is 1. The summed E-state index contributed by atoms with van der Waals surface area (Å²) in [6, 6.07) is 9.16. The second kappa shape index (κ2) is 5.70. The first-order valence-electron chi connectivity index (χ1n) is 7.76. The minimum atomic E-state index is -0.879. The largest absolute Gasteiger partial charge is 0.465 e. The summed E-state index contributed by atoms with van der Waals surface area (Å²) in [6.07, 6.45) is 0. The van der Waals surface area contributed by atoms with Gasteiger partial charge in [-0.1, -0.05) is 32.0 Å². The van der Waals surface area contributed by atoms with E-state index in [0.29, 0.717) is 11.5 Å². The smallest absolute Gasteiger partial charge is 0.340 e. The second-order valence-corrected chi connectivity index (χ2v) is 6.29. The van der Waals surface area contributed by atoms with Crippen LogP contribution in [0.2, 0.25) is 0 Å². The van der Waals surface area contributed by atoms with Gasteiger partial charge in [0.25, 0.3) is 5.91 Å². The molecule has 2 aromatic rings. The lowest BCUT2D eigenvalue weighted by Gasteiger charge is -2.21. The van der Waals surface area contributed by atoms with Gasteiger partial charge in [-0.15, -0.1) is 0 Å². The summed E-state index contributed by atoms with van der Waals surface area (Å²) in [5.74, 6) is -0.393. The van der Waals surface area contributed by atoms with Gasteiger partial charge >= 0.3 is 5.97 Å². The number of hydrogen-bond donors (Lipinski definition) is 1. The van der Waals surface area contributed by atoms with Crippen molar-refractivity contribution in [3.05, 3.63) is 41.6 Å². The number of pyridine rings is 1. The van der Waals surface area contributed by atoms with Gasteiger partial charge in [0.05, 0.1) is 18.2 Å². The Hall–Kier alpha value is -2.76. The normalized spacial score (nSPS) is 20.2. The number of amides is 1. The van der Waals surface area contributed by atoms with Crippen LogP contribution in [0.15, 0.2) is 35.3 Å². The topological polar surface area (TPSA) is 80.7 Å². The van der Waals surface area contributed by atoms with Gasteiger partial charge in [0.1, 0.15) is 11.2 Å². The van der Waals surface area contributed by atoms with Crippen LogP contribution in [0.5, 0.6) is 0 Å². The highest BCUT2D eigenvalue weighted by molar-refractivity contribution is 6.18. The van der Waals surface area contributed by atoms with Gasteiger partial charge in [-0.05, 0) is 25.0 Å². The lowest BCUT2D eigenvalue weighted by molar-refractivity contribution is -0.124. The number of fused-ring (bicyclic) bond motifs is 1. The Balaban J connectivity index is 2.22. The van der Waals surface area contributed by atoms with E-state index < -0.39 is 11.5 Å². The van der Waals surface area contributed by atoms with Crippen molar-refractivity contribution in [3.63, 3.8) is 0 Å². The summed E-state index contributed by atoms with van der Waals surface area (Å²) < 4.78 is 4.87. The number of carbonyl (C=O) groups is 2. The van der Waals surface area contributed by atoms with Crippen molar-refractivity contribution in [2.45, 2.75) is 26.3 Å². The van der Waals surface area contributed by atoms with Crippen molar-refractivity contribution in [2.24, 2.45) is 10.9 Å². The molecule has 1 aliphatic heterocycles. The van der Waals surface area contributed by atoms with Crippen molar-refractivity contribution in [1.29, 1.82) is 0 Å². The highest BCUT2D eigenvalue weighted by Gasteiger charge is 2.43. The average Bonchev–Trinajstić information content (AvgIpc) is 2.89. The average molecular weight is 325 g/mol. The van der Waals surface area contributed by atoms with Crippen LogP contribution in [0.3, 0.4) is 0 Å². The summed E-state index contributed by atoms with van der Waals surface area (Å²) in [5, 5.41) is 3.58. The third-order valence-corrected chi connectivity index (χ3v) is 4.51. The maximum absolute atomic E-state index is 12.4. The molecule has 24 heavy (non-hydrogen) atoms. The molecule has 3 rings (SSSR count). The number of hydrogen-bond acceptors (Lipinski definition) is 5. The standard InChI is InChI=1S/C18H19N3O3/c1-10(2)18(3)17(23)20-15(21-18)14-12(16(22)24-4)9-11-7-5-6-8-13(11)19-14/h5-10H,1-4H3,(H,20,21,23). The van der Waals surface area contributed by atoms with Gasteiger partial charge in [-0.3, -0.25) is 4.79 Å². The number of para-hydroxylation sites is 1. The molecule has 2 heterocycles. The molecule has 1 unspecified atom stereocenters. The van der Waals surface area contributed by atoms with E-state index >= 15 is 0 Å². The van der Waals surface area contributed by atoms with Gasteiger partial charge in [0.2, 0.25) is 0 Å². The predicted octanol–water partition coefficient (Wildman–Crippen LogP) is 2.31. The second-order valence-electron chi connectivity index (χ2n) is 6.29. The third kappa shape index (κ3) is 2.44. The lowest BCUT2D eigenvalue weighted by Crippen LogP contribution is -2.41. The van der Waals surface area contributed by atoms with Crippen molar-refractivity contribution in [2.75, 3.05) is 7.11 Å². The molecule has 0 bridgehead atoms. The highest BCUT2D eigenvalue weighted by Crippen LogP contribution is 2.28. The number of methoxy groups -OCH3 is 1. The van der Waals surface area contributed by atoms with Crippen molar-refractivity contribution in [1.82, 2.24) is 10.3 Å². The maximum Gasteiger partial charge on any atom is 0.340 e. The van der Waals surface area contributed by atoms with Crippen molar-refractivity contribution < 1.29 is 14.3 Å². The third-order valence-electron chi connectivity index (χ3n) is 4.51. The number of aromatic nitrogens is 1. The molecule has 0 aliphatic carbocycles. The van der Waals surface area contributed by atoms with Gasteiger partial charge in [0, 0.05) is 5.39 Å². The molecule has 0 spiro atoms. The summed E-state index contributed by atoms with van der Waals surface area (Å²) in [5.41, 5.74) is 0.451. The minimum Gasteiger partial charge on any atom is -0.465 e. The molecule has 1 aliphatic rings. The monoisotopic (exact) mass is 325 g/mol. The first kappa shape index (κ1) is 16.1. The number of esters is 1. The molecule has 1 aromatic carbocycles. The Labute approximate surface area is 139 Å². The zero-order chi connectivity index (χ0) is 17.5. The van der Waals surface area contributed by atoms with Crippen LogP contribution < -0.4 is 5.32 Å². The number of aliphatic imine (C=N–C) groups is 1. The number of carbonyl (C=O) groups excluding carboxylic acids is 2. The first-order chi connectivity index (χ1) is 11.4. The van der Waals surface area contributed by atoms with Crippen LogP contribution in [0.4, 0.5) is 0 Å². The molecule has 124 valence electrons. The number of ether oxygens (including phenoxy) is 1. The zero-order valence-electron chi connectivity index (χ0n) is 14.1. The molecule has 0 fully saturated rings. The molecule has 1 aromatic heterocycles. The predicted molar refractivity (Wildman–Crippen MR) is 91.0 cm³/mol. The zero-order valence-corrected chi connectivity index (χ0v) is 14.1. The molecular weight excluding hydrogens is 306 g/mol. The van der Waals surface area contributed by atoms with E-state index in [1.807, 2.05) is 38.1 Å². The van der Waals surface area contributed by atoms with Crippen LogP contribution in [0.1, 0.15) is 36.8 Å². The number of nitrogens with one attached hydrogen (secondary N) is 1. The summed E-state index contributed by atoms with van der Waals surface area (Å²) in [7, 11) is 1.31. The van der Waals surface area contributed by atoms with Crippen molar-refractivity contribution >= 4 is 28.6 Å². The lowest BCUT2D eigenvalue weighted by atomic mass is 9.89. The van der Waals surface area contributed by atoms with Crippen molar-refractivity contribution in [3.8, 4) is 0 Å². The molecule has 6 heteroatoms. The molecule has 1 N–H and O–H groups in total. The molecule has 6 nitrogen and oxygen atoms in total. The quantitative estimate of drug-likeness (QED) is 0.878. The summed E-state index contributed by atoms with van der Waals surface area (Å²) in [4.78, 5) is 33.6. The highest BCUT2D eigenvalue weighted by atomic mass is 16.5. The Morgan fingerprint density at radius 3 is 2.62 bits per heavy atom. The van der Waals surface area contributed by atoms with E-state index in [1.54, 1.807) is 13.0 Å². The molecule has 1 atom stereocenters. The van der Waals surface area contributed by atoms with E-state index in [0.717, 1.165) is 10.9 Å². The van der Waals surface area contributed by atoms with Gasteiger partial charge in [-0.25, -0.2) is 14.8 Å². The minimum absolute atomic E-state index is 0.0111. The van der Waals surface area contributed by atoms with Crippen LogP contribution in [-0.2, 0) is 9.53 Å². The Morgan fingerprint density at radius 1 is 1.29 bits per heavy atom. The Kier molecular flexibility index (Phi) is 3.83. The van der Waals surface area contributed by atoms with Crippen LogP contribution in [-0.4, -0.2) is 35.3 Å². The van der Waals surface area contributed by atoms with Gasteiger partial charge in [-0.2, -0.15) is 0 Å². The van der Waals surface area contributed by atoms with E-state index in [-0.39, 0.29) is 17.4 Å². The van der Waals surface area contributed by atoms with Crippen LogP contribution in [0.25, 0.3) is 10.9 Å². The maximum atomic E-state index is 12.4. The first-order valence-corrected chi connectivity index (χ1v) is 7.76. The number of amidine groups is 1. The fourth-order valence-corrected chi connectivity index (χ4v) is 2.61. The van der Waals surface area contributed by atoms with E-state index in [4.69, 9.17) is 4.74 Å². The fraction of sp³-hybridized carbons (Fsp3) is 0.333. The van der Waals surface area contributed by atoms with E-state index in [1.165, 1.54) is 7.11 Å². The molecule has 0 saturated carbocycles. The van der Waals surface area contributed by atoms with E-state index in [2.05, 4.69) is 15.3 Å². The van der Waals surface area contributed by atoms with Gasteiger partial charge in [0.15, 0.2) is 5.84 Å². The molecular formula is C18H19N3O3. The molecule has 0 radical (unpaired) electrons. The number of nitrogens with zero attached hydrogens (tertiary/aromatic N) is 2. The molecule has 1 amide bonds. The molecule has 0 saturated heterocycles.